The molecule has 0 saturated carbocycles. The molecule has 2 aromatic rings. The van der Waals surface area contributed by atoms with Crippen LogP contribution in [0.25, 0.3) is 0 Å². The van der Waals surface area contributed by atoms with Gasteiger partial charge in [0.15, 0.2) is 0 Å². The SMILES string of the molecule is NC(=O)N(Cc1ncc[nH]1)c1ccccc1. The molecule has 0 aliphatic heterocycles. The van der Waals surface area contributed by atoms with Crippen molar-refractivity contribution in [2.24, 2.45) is 5.73 Å². The Hall–Kier alpha value is -2.30. The normalized spacial score (nSPS) is 10.0. The lowest BCUT2D eigenvalue weighted by Gasteiger charge is -2.18. The standard InChI is InChI=1S/C11H12N4O/c12-11(16)15(8-10-13-6-7-14-10)9-4-2-1-3-5-9/h1-7H,8H2,(H2,12,16)(H,13,14). The molecule has 5 nitrogen and oxygen atoms in total. The number of rotatable bonds is 3. The van der Waals surface area contributed by atoms with Crippen LogP contribution in [0.2, 0.25) is 0 Å². The third kappa shape index (κ3) is 2.20. The maximum atomic E-state index is 11.3. The van der Waals surface area contributed by atoms with Gasteiger partial charge in [0.2, 0.25) is 0 Å². The number of nitrogens with two attached hydrogens (primary N) is 1. The molecular weight excluding hydrogens is 204 g/mol. The van der Waals surface area contributed by atoms with E-state index in [2.05, 4.69) is 9.97 Å². The van der Waals surface area contributed by atoms with Gasteiger partial charge in [-0.3, -0.25) is 4.90 Å². The number of aromatic nitrogens is 2. The minimum Gasteiger partial charge on any atom is -0.351 e. The Morgan fingerprint density at radius 1 is 1.38 bits per heavy atom. The predicted octanol–water partition coefficient (Wildman–Crippen LogP) is 1.49. The molecule has 1 aromatic heterocycles. The fourth-order valence-electron chi connectivity index (χ4n) is 1.44. The molecule has 0 aliphatic rings. The largest absolute Gasteiger partial charge is 0.351 e. The molecule has 2 rings (SSSR count). The van der Waals surface area contributed by atoms with E-state index in [0.717, 1.165) is 5.69 Å². The van der Waals surface area contributed by atoms with Gasteiger partial charge in [-0.25, -0.2) is 9.78 Å². The molecule has 0 atom stereocenters. The number of amides is 2. The molecule has 0 aliphatic carbocycles. The first-order valence-electron chi connectivity index (χ1n) is 4.87. The molecule has 0 fully saturated rings. The number of anilines is 1. The topological polar surface area (TPSA) is 75.0 Å². The van der Waals surface area contributed by atoms with Crippen LogP contribution in [0, 0.1) is 0 Å². The number of imidazole rings is 1. The number of hydrogen-bond acceptors (Lipinski definition) is 2. The Kier molecular flexibility index (Phi) is 2.86. The maximum absolute atomic E-state index is 11.3. The number of benzene rings is 1. The molecule has 5 heteroatoms. The van der Waals surface area contributed by atoms with E-state index in [1.165, 1.54) is 4.90 Å². The molecule has 3 N–H and O–H groups in total. The Balaban J connectivity index is 2.22. The molecule has 1 aromatic carbocycles. The van der Waals surface area contributed by atoms with Gasteiger partial charge in [0, 0.05) is 18.1 Å². The van der Waals surface area contributed by atoms with Crippen LogP contribution in [0.1, 0.15) is 5.82 Å². The summed E-state index contributed by atoms with van der Waals surface area (Å²) in [6.45, 7) is 0.340. The molecule has 1 heterocycles. The van der Waals surface area contributed by atoms with Crippen LogP contribution in [-0.2, 0) is 6.54 Å². The summed E-state index contributed by atoms with van der Waals surface area (Å²) in [5.74, 6) is 0.697. The quantitative estimate of drug-likeness (QED) is 0.815. The molecule has 0 bridgehead atoms. The first-order valence-corrected chi connectivity index (χ1v) is 4.87. The van der Waals surface area contributed by atoms with Crippen molar-refractivity contribution >= 4 is 11.7 Å². The molecular formula is C11H12N4O. The van der Waals surface area contributed by atoms with E-state index in [4.69, 9.17) is 5.73 Å². The number of aromatic amines is 1. The molecule has 82 valence electrons. The van der Waals surface area contributed by atoms with Gasteiger partial charge < -0.3 is 10.7 Å². The van der Waals surface area contributed by atoms with Crippen LogP contribution < -0.4 is 10.6 Å². The van der Waals surface area contributed by atoms with E-state index in [9.17, 15) is 4.79 Å². The summed E-state index contributed by atoms with van der Waals surface area (Å²) >= 11 is 0. The number of carbonyl (C=O) groups excluding carboxylic acids is 1. The van der Waals surface area contributed by atoms with Crippen molar-refractivity contribution in [3.05, 3.63) is 48.5 Å². The fourth-order valence-corrected chi connectivity index (χ4v) is 1.44. The van der Waals surface area contributed by atoms with Gasteiger partial charge >= 0.3 is 6.03 Å². The molecule has 2 amide bonds. The highest BCUT2D eigenvalue weighted by Gasteiger charge is 2.13. The van der Waals surface area contributed by atoms with Crippen LogP contribution in [-0.4, -0.2) is 16.0 Å². The minimum atomic E-state index is -0.498. The van der Waals surface area contributed by atoms with Crippen LogP contribution in [0.15, 0.2) is 42.7 Å². The van der Waals surface area contributed by atoms with Gasteiger partial charge in [-0.1, -0.05) is 18.2 Å². The van der Waals surface area contributed by atoms with Crippen molar-refractivity contribution in [1.82, 2.24) is 9.97 Å². The van der Waals surface area contributed by atoms with Crippen LogP contribution in [0.3, 0.4) is 0 Å². The minimum absolute atomic E-state index is 0.340. The zero-order valence-corrected chi connectivity index (χ0v) is 8.63. The Morgan fingerprint density at radius 2 is 2.12 bits per heavy atom. The zero-order chi connectivity index (χ0) is 11.4. The third-order valence-corrected chi connectivity index (χ3v) is 2.20. The maximum Gasteiger partial charge on any atom is 0.319 e. The monoisotopic (exact) mass is 216 g/mol. The van der Waals surface area contributed by atoms with Crippen molar-refractivity contribution in [3.8, 4) is 0 Å². The highest BCUT2D eigenvalue weighted by Crippen LogP contribution is 2.14. The lowest BCUT2D eigenvalue weighted by molar-refractivity contribution is 0.253. The van der Waals surface area contributed by atoms with Crippen molar-refractivity contribution < 1.29 is 4.79 Å². The summed E-state index contributed by atoms with van der Waals surface area (Å²) in [6.07, 6.45) is 3.35. The lowest BCUT2D eigenvalue weighted by Crippen LogP contribution is -2.35. The first-order chi connectivity index (χ1) is 7.77. The average Bonchev–Trinajstić information content (AvgIpc) is 2.79. The van der Waals surface area contributed by atoms with Gasteiger partial charge in [-0.15, -0.1) is 0 Å². The summed E-state index contributed by atoms with van der Waals surface area (Å²) in [5.41, 5.74) is 6.09. The number of H-pyrrole nitrogens is 1. The smallest absolute Gasteiger partial charge is 0.319 e. The summed E-state index contributed by atoms with van der Waals surface area (Å²) in [6, 6.07) is 8.75. The van der Waals surface area contributed by atoms with E-state index >= 15 is 0 Å². The number of urea groups is 1. The molecule has 0 saturated heterocycles. The number of primary amides is 1. The highest BCUT2D eigenvalue weighted by molar-refractivity contribution is 5.90. The summed E-state index contributed by atoms with van der Waals surface area (Å²) in [4.78, 5) is 19.8. The van der Waals surface area contributed by atoms with Crippen LogP contribution >= 0.6 is 0 Å². The molecule has 0 unspecified atom stereocenters. The van der Waals surface area contributed by atoms with E-state index in [1.54, 1.807) is 12.4 Å². The number of para-hydroxylation sites is 1. The highest BCUT2D eigenvalue weighted by atomic mass is 16.2. The molecule has 16 heavy (non-hydrogen) atoms. The summed E-state index contributed by atoms with van der Waals surface area (Å²) in [7, 11) is 0. The predicted molar refractivity (Wildman–Crippen MR) is 60.8 cm³/mol. The Labute approximate surface area is 92.9 Å². The number of carbonyl (C=O) groups is 1. The molecule has 0 radical (unpaired) electrons. The second-order valence-corrected chi connectivity index (χ2v) is 3.30. The third-order valence-electron chi connectivity index (χ3n) is 2.20. The molecule has 0 spiro atoms. The van der Waals surface area contributed by atoms with Gasteiger partial charge in [0.1, 0.15) is 5.82 Å². The van der Waals surface area contributed by atoms with E-state index < -0.39 is 6.03 Å². The van der Waals surface area contributed by atoms with Crippen LogP contribution in [0.5, 0.6) is 0 Å². The van der Waals surface area contributed by atoms with Crippen molar-refractivity contribution in [1.29, 1.82) is 0 Å². The van der Waals surface area contributed by atoms with E-state index in [0.29, 0.717) is 12.4 Å². The number of nitrogens with one attached hydrogen (secondary N) is 1. The zero-order valence-electron chi connectivity index (χ0n) is 8.63. The first kappa shape index (κ1) is 10.2. The Bertz CT molecular complexity index is 452. The van der Waals surface area contributed by atoms with Crippen molar-refractivity contribution in [3.63, 3.8) is 0 Å². The number of hydrogen-bond donors (Lipinski definition) is 2. The second kappa shape index (κ2) is 4.48. The van der Waals surface area contributed by atoms with E-state index in [1.807, 2.05) is 30.3 Å². The van der Waals surface area contributed by atoms with Gasteiger partial charge in [0.25, 0.3) is 0 Å². The second-order valence-electron chi connectivity index (χ2n) is 3.30. The average molecular weight is 216 g/mol. The Morgan fingerprint density at radius 3 is 2.69 bits per heavy atom. The lowest BCUT2D eigenvalue weighted by atomic mass is 10.3. The van der Waals surface area contributed by atoms with Crippen molar-refractivity contribution in [2.45, 2.75) is 6.54 Å². The summed E-state index contributed by atoms with van der Waals surface area (Å²) in [5, 5.41) is 0. The summed E-state index contributed by atoms with van der Waals surface area (Å²) < 4.78 is 0. The van der Waals surface area contributed by atoms with Crippen LogP contribution in [0.4, 0.5) is 10.5 Å². The number of nitrogens with zero attached hydrogens (tertiary/aromatic N) is 2. The van der Waals surface area contributed by atoms with E-state index in [-0.39, 0.29) is 0 Å². The fraction of sp³-hybridized carbons (Fsp3) is 0.0909. The van der Waals surface area contributed by atoms with Gasteiger partial charge in [-0.2, -0.15) is 0 Å². The van der Waals surface area contributed by atoms with Crippen molar-refractivity contribution in [2.75, 3.05) is 4.90 Å². The van der Waals surface area contributed by atoms with Gasteiger partial charge in [0.05, 0.1) is 6.54 Å². The van der Waals surface area contributed by atoms with Gasteiger partial charge in [-0.05, 0) is 12.1 Å².